The number of carbonyl (C=O) groups is 1. The first-order valence-electron chi connectivity index (χ1n) is 6.18. The highest BCUT2D eigenvalue weighted by molar-refractivity contribution is 5.96. The first-order valence-corrected chi connectivity index (χ1v) is 6.18. The summed E-state index contributed by atoms with van der Waals surface area (Å²) in [4.78, 5) is 17.9. The van der Waals surface area contributed by atoms with Crippen molar-refractivity contribution in [3.8, 4) is 0 Å². The number of hydrogen-bond donors (Lipinski definition) is 1. The lowest BCUT2D eigenvalue weighted by Gasteiger charge is -2.20. The minimum absolute atomic E-state index is 0.372. The Morgan fingerprint density at radius 1 is 1.50 bits per heavy atom. The SMILES string of the molecule is COC(=O)c1cc(N(C)Cc2nccn2C)ccc1N. The van der Waals surface area contributed by atoms with Crippen LogP contribution >= 0.6 is 0 Å². The molecule has 20 heavy (non-hydrogen) atoms. The van der Waals surface area contributed by atoms with E-state index in [9.17, 15) is 4.79 Å². The second-order valence-electron chi connectivity index (χ2n) is 4.57. The van der Waals surface area contributed by atoms with E-state index in [0.29, 0.717) is 17.8 Å². The maximum atomic E-state index is 11.6. The van der Waals surface area contributed by atoms with Crippen LogP contribution < -0.4 is 10.6 Å². The molecule has 0 saturated heterocycles. The van der Waals surface area contributed by atoms with Crippen LogP contribution in [0.5, 0.6) is 0 Å². The summed E-state index contributed by atoms with van der Waals surface area (Å²) in [7, 11) is 5.21. The number of ether oxygens (including phenoxy) is 1. The van der Waals surface area contributed by atoms with Gasteiger partial charge in [0.05, 0.1) is 19.2 Å². The molecule has 1 aromatic heterocycles. The molecule has 6 nitrogen and oxygen atoms in total. The van der Waals surface area contributed by atoms with E-state index in [0.717, 1.165) is 11.5 Å². The van der Waals surface area contributed by atoms with Crippen LogP contribution in [-0.4, -0.2) is 29.7 Å². The van der Waals surface area contributed by atoms with Crippen LogP contribution in [0.3, 0.4) is 0 Å². The molecular weight excluding hydrogens is 256 g/mol. The number of nitrogen functional groups attached to an aromatic ring is 1. The van der Waals surface area contributed by atoms with E-state index in [1.165, 1.54) is 7.11 Å². The number of benzene rings is 1. The fourth-order valence-electron chi connectivity index (χ4n) is 1.92. The van der Waals surface area contributed by atoms with E-state index in [4.69, 9.17) is 10.5 Å². The fraction of sp³-hybridized carbons (Fsp3) is 0.286. The lowest BCUT2D eigenvalue weighted by atomic mass is 10.1. The smallest absolute Gasteiger partial charge is 0.340 e. The van der Waals surface area contributed by atoms with Crippen LogP contribution in [-0.2, 0) is 18.3 Å². The summed E-state index contributed by atoms with van der Waals surface area (Å²) in [6.45, 7) is 0.633. The minimum atomic E-state index is -0.435. The van der Waals surface area contributed by atoms with E-state index >= 15 is 0 Å². The van der Waals surface area contributed by atoms with Gasteiger partial charge in [0, 0.05) is 37.9 Å². The van der Waals surface area contributed by atoms with Crippen LogP contribution in [0.4, 0.5) is 11.4 Å². The van der Waals surface area contributed by atoms with Gasteiger partial charge in [-0.3, -0.25) is 0 Å². The molecular formula is C14H18N4O2. The number of hydrogen-bond acceptors (Lipinski definition) is 5. The molecule has 6 heteroatoms. The molecule has 2 aromatic rings. The highest BCUT2D eigenvalue weighted by Crippen LogP contribution is 2.22. The van der Waals surface area contributed by atoms with Crippen LogP contribution in [0.2, 0.25) is 0 Å². The van der Waals surface area contributed by atoms with E-state index < -0.39 is 5.97 Å². The average molecular weight is 274 g/mol. The van der Waals surface area contributed by atoms with Crippen LogP contribution in [0.1, 0.15) is 16.2 Å². The standard InChI is InChI=1S/C14H18N4O2/c1-17-7-6-16-13(17)9-18(2)10-4-5-12(15)11(8-10)14(19)20-3/h4-8H,9,15H2,1-3H3. The first-order chi connectivity index (χ1) is 9.52. The zero-order valence-corrected chi connectivity index (χ0v) is 11.8. The Hall–Kier alpha value is -2.50. The van der Waals surface area contributed by atoms with Gasteiger partial charge in [-0.2, -0.15) is 0 Å². The van der Waals surface area contributed by atoms with Gasteiger partial charge in [-0.15, -0.1) is 0 Å². The third-order valence-corrected chi connectivity index (χ3v) is 3.18. The predicted molar refractivity (Wildman–Crippen MR) is 77.5 cm³/mol. The number of esters is 1. The molecule has 0 radical (unpaired) electrons. The third-order valence-electron chi connectivity index (χ3n) is 3.18. The molecule has 2 rings (SSSR count). The molecule has 0 unspecified atom stereocenters. The van der Waals surface area contributed by atoms with Crippen molar-refractivity contribution in [2.75, 3.05) is 24.8 Å². The van der Waals surface area contributed by atoms with Crippen LogP contribution in [0.25, 0.3) is 0 Å². The monoisotopic (exact) mass is 274 g/mol. The van der Waals surface area contributed by atoms with Crippen molar-refractivity contribution in [2.45, 2.75) is 6.54 Å². The van der Waals surface area contributed by atoms with Gasteiger partial charge >= 0.3 is 5.97 Å². The van der Waals surface area contributed by atoms with Crippen molar-refractivity contribution in [3.63, 3.8) is 0 Å². The molecule has 0 aliphatic carbocycles. The number of anilines is 2. The van der Waals surface area contributed by atoms with Gasteiger partial charge in [-0.25, -0.2) is 9.78 Å². The topological polar surface area (TPSA) is 73.4 Å². The van der Waals surface area contributed by atoms with Gasteiger partial charge in [0.15, 0.2) is 0 Å². The minimum Gasteiger partial charge on any atom is -0.465 e. The van der Waals surface area contributed by atoms with E-state index in [1.54, 1.807) is 18.3 Å². The molecule has 106 valence electrons. The summed E-state index contributed by atoms with van der Waals surface area (Å²) in [6.07, 6.45) is 3.65. The third kappa shape index (κ3) is 2.74. The zero-order chi connectivity index (χ0) is 14.7. The number of aryl methyl sites for hydroxylation is 1. The Labute approximate surface area is 117 Å². The van der Waals surface area contributed by atoms with Gasteiger partial charge in [0.2, 0.25) is 0 Å². The van der Waals surface area contributed by atoms with Crippen molar-refractivity contribution >= 4 is 17.3 Å². The van der Waals surface area contributed by atoms with Crippen molar-refractivity contribution < 1.29 is 9.53 Å². The van der Waals surface area contributed by atoms with Crippen molar-refractivity contribution in [1.82, 2.24) is 9.55 Å². The Kier molecular flexibility index (Phi) is 3.93. The quantitative estimate of drug-likeness (QED) is 0.674. The van der Waals surface area contributed by atoms with Gasteiger partial charge in [0.25, 0.3) is 0 Å². The maximum Gasteiger partial charge on any atom is 0.340 e. The van der Waals surface area contributed by atoms with Gasteiger partial charge < -0.3 is 19.9 Å². The van der Waals surface area contributed by atoms with Gasteiger partial charge in [-0.1, -0.05) is 0 Å². The average Bonchev–Trinajstić information content (AvgIpc) is 2.84. The Balaban J connectivity index is 2.24. The summed E-state index contributed by atoms with van der Waals surface area (Å²) in [5.41, 5.74) is 7.45. The van der Waals surface area contributed by atoms with Crippen LogP contribution in [0.15, 0.2) is 30.6 Å². The highest BCUT2D eigenvalue weighted by Gasteiger charge is 2.13. The zero-order valence-electron chi connectivity index (χ0n) is 11.8. The summed E-state index contributed by atoms with van der Waals surface area (Å²) < 4.78 is 6.68. The lowest BCUT2D eigenvalue weighted by Crippen LogP contribution is -2.19. The van der Waals surface area contributed by atoms with Crippen molar-refractivity contribution in [1.29, 1.82) is 0 Å². The number of nitrogens with two attached hydrogens (primary N) is 1. The Bertz CT molecular complexity index is 621. The van der Waals surface area contributed by atoms with Crippen LogP contribution in [0, 0.1) is 0 Å². The number of aromatic nitrogens is 2. The van der Waals surface area contributed by atoms with E-state index in [1.807, 2.05) is 35.8 Å². The van der Waals surface area contributed by atoms with Crippen molar-refractivity contribution in [3.05, 3.63) is 42.0 Å². The number of rotatable bonds is 4. The Morgan fingerprint density at radius 2 is 2.25 bits per heavy atom. The number of nitrogens with zero attached hydrogens (tertiary/aromatic N) is 3. The number of carbonyl (C=O) groups excluding carboxylic acids is 1. The maximum absolute atomic E-state index is 11.6. The second-order valence-corrected chi connectivity index (χ2v) is 4.57. The molecule has 0 spiro atoms. The van der Waals surface area contributed by atoms with E-state index in [2.05, 4.69) is 4.98 Å². The highest BCUT2D eigenvalue weighted by atomic mass is 16.5. The predicted octanol–water partition coefficient (Wildman–Crippen LogP) is 1.43. The molecule has 0 fully saturated rings. The second kappa shape index (κ2) is 5.64. The molecule has 0 aliphatic heterocycles. The molecule has 0 saturated carbocycles. The van der Waals surface area contributed by atoms with Gasteiger partial charge in [0.1, 0.15) is 5.82 Å². The summed E-state index contributed by atoms with van der Waals surface area (Å²) >= 11 is 0. The summed E-state index contributed by atoms with van der Waals surface area (Å²) in [5.74, 6) is 0.499. The summed E-state index contributed by atoms with van der Waals surface area (Å²) in [5, 5.41) is 0. The molecule has 2 N–H and O–H groups in total. The Morgan fingerprint density at radius 3 is 2.85 bits per heavy atom. The normalized spacial score (nSPS) is 10.3. The largest absolute Gasteiger partial charge is 0.465 e. The molecule has 0 aliphatic rings. The van der Waals surface area contributed by atoms with Crippen molar-refractivity contribution in [2.24, 2.45) is 7.05 Å². The lowest BCUT2D eigenvalue weighted by molar-refractivity contribution is 0.0602. The number of methoxy groups -OCH3 is 1. The van der Waals surface area contributed by atoms with Gasteiger partial charge in [-0.05, 0) is 18.2 Å². The molecule has 1 heterocycles. The summed E-state index contributed by atoms with van der Waals surface area (Å²) in [6, 6.07) is 5.30. The molecule has 0 amide bonds. The molecule has 0 bridgehead atoms. The first kappa shape index (κ1) is 13.9. The molecule has 0 atom stereocenters. The molecule has 1 aromatic carbocycles. The number of imidazole rings is 1. The van der Waals surface area contributed by atoms with E-state index in [-0.39, 0.29) is 0 Å². The fourth-order valence-corrected chi connectivity index (χ4v) is 1.92.